The summed E-state index contributed by atoms with van der Waals surface area (Å²) in [6.45, 7) is 0.739. The molecular formula is C20H25N3O2S. The second-order valence-electron chi connectivity index (χ2n) is 7.04. The van der Waals surface area contributed by atoms with Gasteiger partial charge in [-0.05, 0) is 57.0 Å². The van der Waals surface area contributed by atoms with Crippen molar-refractivity contribution < 1.29 is 9.59 Å². The van der Waals surface area contributed by atoms with Crippen LogP contribution >= 0.6 is 11.3 Å². The fourth-order valence-corrected chi connectivity index (χ4v) is 3.94. The Hall–Kier alpha value is -2.05. The number of fused-ring (bicyclic) bond motifs is 1. The molecule has 0 fully saturated rings. The number of amides is 1. The van der Waals surface area contributed by atoms with E-state index in [0.29, 0.717) is 5.13 Å². The van der Waals surface area contributed by atoms with Crippen LogP contribution in [0.5, 0.6) is 0 Å². The minimum absolute atomic E-state index is 0.0287. The number of rotatable bonds is 7. The van der Waals surface area contributed by atoms with E-state index in [1.165, 1.54) is 35.3 Å². The number of ketones is 1. The highest BCUT2D eigenvalue weighted by Crippen LogP contribution is 2.23. The Morgan fingerprint density at radius 1 is 1.15 bits per heavy atom. The van der Waals surface area contributed by atoms with Crippen LogP contribution in [0.3, 0.4) is 0 Å². The molecule has 0 bridgehead atoms. The first-order valence-corrected chi connectivity index (χ1v) is 9.93. The lowest BCUT2D eigenvalue weighted by Gasteiger charge is -2.16. The predicted molar refractivity (Wildman–Crippen MR) is 105 cm³/mol. The lowest BCUT2D eigenvalue weighted by molar-refractivity contribution is -0.116. The quantitative estimate of drug-likeness (QED) is 0.754. The van der Waals surface area contributed by atoms with Gasteiger partial charge in [-0.1, -0.05) is 12.1 Å². The molecule has 26 heavy (non-hydrogen) atoms. The van der Waals surface area contributed by atoms with Crippen LogP contribution < -0.4 is 5.32 Å². The summed E-state index contributed by atoms with van der Waals surface area (Å²) in [7, 11) is 3.95. The number of carbonyl (C=O) groups excluding carboxylic acids is 2. The Morgan fingerprint density at radius 3 is 2.69 bits per heavy atom. The van der Waals surface area contributed by atoms with Gasteiger partial charge in [-0.3, -0.25) is 9.59 Å². The van der Waals surface area contributed by atoms with Gasteiger partial charge < -0.3 is 10.2 Å². The third-order valence-corrected chi connectivity index (χ3v) is 5.33. The van der Waals surface area contributed by atoms with E-state index in [1.807, 2.05) is 36.5 Å². The van der Waals surface area contributed by atoms with Crippen LogP contribution in [-0.4, -0.2) is 35.7 Å². The molecule has 5 nitrogen and oxygen atoms in total. The van der Waals surface area contributed by atoms with Gasteiger partial charge in [-0.15, -0.1) is 11.3 Å². The van der Waals surface area contributed by atoms with Gasteiger partial charge in [-0.25, -0.2) is 4.98 Å². The van der Waals surface area contributed by atoms with E-state index in [9.17, 15) is 9.59 Å². The lowest BCUT2D eigenvalue weighted by atomic mass is 9.89. The molecule has 1 heterocycles. The molecule has 2 aromatic rings. The first-order valence-electron chi connectivity index (χ1n) is 9.05. The lowest BCUT2D eigenvalue weighted by Crippen LogP contribution is -2.14. The van der Waals surface area contributed by atoms with Crippen LogP contribution in [0.15, 0.2) is 23.6 Å². The number of nitrogens with one attached hydrogen (secondary N) is 1. The first-order chi connectivity index (χ1) is 12.5. The molecule has 0 atom stereocenters. The number of hydrogen-bond donors (Lipinski definition) is 1. The van der Waals surface area contributed by atoms with Crippen molar-refractivity contribution in [2.75, 3.05) is 19.4 Å². The number of carbonyl (C=O) groups is 2. The highest BCUT2D eigenvalue weighted by atomic mass is 32.1. The van der Waals surface area contributed by atoms with Crippen LogP contribution in [-0.2, 0) is 24.2 Å². The summed E-state index contributed by atoms with van der Waals surface area (Å²) in [6, 6.07) is 5.99. The monoisotopic (exact) mass is 371 g/mol. The Kier molecular flexibility index (Phi) is 6.16. The van der Waals surface area contributed by atoms with Gasteiger partial charge in [0.1, 0.15) is 0 Å². The Balaban J connectivity index is 1.51. The molecule has 6 heteroatoms. The zero-order valence-corrected chi connectivity index (χ0v) is 16.2. The van der Waals surface area contributed by atoms with Crippen LogP contribution in [0.2, 0.25) is 0 Å². The maximum absolute atomic E-state index is 12.4. The molecule has 0 aliphatic heterocycles. The van der Waals surface area contributed by atoms with Crippen molar-refractivity contribution in [1.82, 2.24) is 9.88 Å². The summed E-state index contributed by atoms with van der Waals surface area (Å²) in [5, 5.41) is 5.32. The summed E-state index contributed by atoms with van der Waals surface area (Å²) in [6.07, 6.45) is 4.98. The fourth-order valence-electron chi connectivity index (χ4n) is 3.22. The Bertz CT molecular complexity index is 798. The van der Waals surface area contributed by atoms with Crippen molar-refractivity contribution >= 4 is 28.2 Å². The second kappa shape index (κ2) is 8.56. The third kappa shape index (κ3) is 4.99. The molecule has 1 aliphatic rings. The number of benzene rings is 1. The van der Waals surface area contributed by atoms with Gasteiger partial charge in [0, 0.05) is 30.3 Å². The molecule has 138 valence electrons. The van der Waals surface area contributed by atoms with Crippen LogP contribution in [0.1, 0.15) is 52.9 Å². The molecule has 3 rings (SSSR count). The van der Waals surface area contributed by atoms with E-state index in [2.05, 4.69) is 16.4 Å². The van der Waals surface area contributed by atoms with E-state index < -0.39 is 0 Å². The number of thiazole rings is 1. The van der Waals surface area contributed by atoms with Gasteiger partial charge in [0.05, 0.1) is 5.69 Å². The molecule has 0 saturated heterocycles. The van der Waals surface area contributed by atoms with Crippen LogP contribution in [0, 0.1) is 0 Å². The normalized spacial score (nSPS) is 13.5. The van der Waals surface area contributed by atoms with Crippen molar-refractivity contribution in [2.24, 2.45) is 0 Å². The predicted octanol–water partition coefficient (Wildman–Crippen LogP) is 3.69. The number of anilines is 1. The SMILES string of the molecule is CN(C)Cc1csc(NC(=O)CCC(=O)c2ccc3c(c2)CCCC3)n1. The van der Waals surface area contributed by atoms with E-state index >= 15 is 0 Å². The zero-order valence-electron chi connectivity index (χ0n) is 15.4. The van der Waals surface area contributed by atoms with E-state index in [-0.39, 0.29) is 24.5 Å². The van der Waals surface area contributed by atoms with Gasteiger partial charge in [0.15, 0.2) is 10.9 Å². The molecule has 0 unspecified atom stereocenters. The van der Waals surface area contributed by atoms with Crippen LogP contribution in [0.4, 0.5) is 5.13 Å². The van der Waals surface area contributed by atoms with E-state index in [0.717, 1.165) is 30.6 Å². The van der Waals surface area contributed by atoms with Gasteiger partial charge in [0.25, 0.3) is 0 Å². The average Bonchev–Trinajstić information content (AvgIpc) is 3.05. The summed E-state index contributed by atoms with van der Waals surface area (Å²) >= 11 is 1.41. The molecule has 0 saturated carbocycles. The molecular weight excluding hydrogens is 346 g/mol. The molecule has 1 N–H and O–H groups in total. The zero-order chi connectivity index (χ0) is 18.5. The third-order valence-electron chi connectivity index (χ3n) is 4.53. The Morgan fingerprint density at radius 2 is 1.92 bits per heavy atom. The van der Waals surface area contributed by atoms with E-state index in [4.69, 9.17) is 0 Å². The number of aryl methyl sites for hydroxylation is 2. The van der Waals surface area contributed by atoms with Crippen molar-refractivity contribution in [2.45, 2.75) is 45.1 Å². The Labute approximate surface area is 158 Å². The average molecular weight is 372 g/mol. The highest BCUT2D eigenvalue weighted by Gasteiger charge is 2.15. The molecule has 0 spiro atoms. The molecule has 1 aliphatic carbocycles. The topological polar surface area (TPSA) is 62.3 Å². The standard InChI is InChI=1S/C20H25N3O2S/c1-23(2)12-17-13-26-20(21-17)22-19(25)10-9-18(24)16-8-7-14-5-3-4-6-15(14)11-16/h7-8,11,13H,3-6,9-10,12H2,1-2H3,(H,21,22,25). The number of nitrogens with zero attached hydrogens (tertiary/aromatic N) is 2. The maximum atomic E-state index is 12.4. The number of Topliss-reactive ketones (excluding diaryl/α,β-unsaturated/α-hetero) is 1. The summed E-state index contributed by atoms with van der Waals surface area (Å²) in [5.41, 5.74) is 4.31. The summed E-state index contributed by atoms with van der Waals surface area (Å²) in [4.78, 5) is 30.9. The van der Waals surface area contributed by atoms with Crippen LogP contribution in [0.25, 0.3) is 0 Å². The molecule has 1 aromatic heterocycles. The maximum Gasteiger partial charge on any atom is 0.226 e. The molecule has 1 amide bonds. The fraction of sp³-hybridized carbons (Fsp3) is 0.450. The molecule has 0 radical (unpaired) electrons. The first kappa shape index (κ1) is 18.7. The van der Waals surface area contributed by atoms with Gasteiger partial charge in [0.2, 0.25) is 5.91 Å². The van der Waals surface area contributed by atoms with E-state index in [1.54, 1.807) is 0 Å². The smallest absolute Gasteiger partial charge is 0.226 e. The van der Waals surface area contributed by atoms with Crippen molar-refractivity contribution in [3.8, 4) is 0 Å². The largest absolute Gasteiger partial charge is 0.304 e. The summed E-state index contributed by atoms with van der Waals surface area (Å²) in [5.74, 6) is -0.136. The second-order valence-corrected chi connectivity index (χ2v) is 7.90. The number of aromatic nitrogens is 1. The minimum Gasteiger partial charge on any atom is -0.304 e. The highest BCUT2D eigenvalue weighted by molar-refractivity contribution is 7.13. The van der Waals surface area contributed by atoms with Crippen molar-refractivity contribution in [3.63, 3.8) is 0 Å². The minimum atomic E-state index is -0.165. The summed E-state index contributed by atoms with van der Waals surface area (Å²) < 4.78 is 0. The molecule has 1 aromatic carbocycles. The van der Waals surface area contributed by atoms with Crippen molar-refractivity contribution in [3.05, 3.63) is 46.0 Å². The number of hydrogen-bond acceptors (Lipinski definition) is 5. The van der Waals surface area contributed by atoms with Gasteiger partial charge >= 0.3 is 0 Å². The van der Waals surface area contributed by atoms with Gasteiger partial charge in [-0.2, -0.15) is 0 Å². The van der Waals surface area contributed by atoms with Crippen molar-refractivity contribution in [1.29, 1.82) is 0 Å².